The third kappa shape index (κ3) is 3.08. The molecule has 1 aromatic rings. The molecule has 0 aliphatic carbocycles. The van der Waals surface area contributed by atoms with Gasteiger partial charge in [-0.3, -0.25) is 4.57 Å². The topological polar surface area (TPSA) is 73.8 Å². The quantitative estimate of drug-likeness (QED) is 0.377. The molecular formula is C4H7BN4OS. The van der Waals surface area contributed by atoms with Crippen LogP contribution < -0.4 is 11.4 Å². The Morgan fingerprint density at radius 1 is 1.73 bits per heavy atom. The number of nitrogens with two attached hydrogens (primary N) is 1. The van der Waals surface area contributed by atoms with Crippen molar-refractivity contribution in [2.24, 2.45) is 7.05 Å². The maximum Gasteiger partial charge on any atom is 0.351 e. The Labute approximate surface area is 70.4 Å². The fraction of sp³-hybridized carbons (Fsp3) is 0.250. The van der Waals surface area contributed by atoms with Gasteiger partial charge in [0.1, 0.15) is 6.33 Å². The van der Waals surface area contributed by atoms with Gasteiger partial charge in [0.05, 0.1) is 0 Å². The van der Waals surface area contributed by atoms with E-state index in [1.54, 1.807) is 7.05 Å². The first kappa shape index (κ1) is 10.0. The first-order valence-electron chi connectivity index (χ1n) is 2.61. The summed E-state index contributed by atoms with van der Waals surface area (Å²) in [5, 5.41) is 0. The molecule has 5 nitrogen and oxygen atoms in total. The Hall–Kier alpha value is -0.975. The van der Waals surface area contributed by atoms with Crippen LogP contribution in [0.2, 0.25) is 0 Å². The van der Waals surface area contributed by atoms with Crippen LogP contribution >= 0.6 is 12.5 Å². The minimum Gasteiger partial charge on any atom is -0.368 e. The van der Waals surface area contributed by atoms with Gasteiger partial charge in [-0.1, -0.05) is 0 Å². The van der Waals surface area contributed by atoms with E-state index in [-0.39, 0.29) is 11.6 Å². The van der Waals surface area contributed by atoms with Crippen LogP contribution in [-0.4, -0.2) is 21.7 Å². The third-order valence-electron chi connectivity index (χ3n) is 0.875. The van der Waals surface area contributed by atoms with E-state index >= 15 is 0 Å². The number of hydrogen-bond donors (Lipinski definition) is 2. The largest absolute Gasteiger partial charge is 0.368 e. The molecule has 2 radical (unpaired) electrons. The summed E-state index contributed by atoms with van der Waals surface area (Å²) in [6, 6.07) is 0. The molecule has 0 fully saturated rings. The van der Waals surface area contributed by atoms with Crippen LogP contribution in [0.15, 0.2) is 11.1 Å². The van der Waals surface area contributed by atoms with Crippen molar-refractivity contribution in [2.75, 3.05) is 5.73 Å². The lowest BCUT2D eigenvalue weighted by molar-refractivity contribution is 0.777. The normalized spacial score (nSPS) is 8.18. The maximum atomic E-state index is 10.6. The van der Waals surface area contributed by atoms with Crippen molar-refractivity contribution in [3.8, 4) is 0 Å². The smallest absolute Gasteiger partial charge is 0.351 e. The van der Waals surface area contributed by atoms with Gasteiger partial charge in [0.2, 0.25) is 5.95 Å². The number of aryl methyl sites for hydroxylation is 1. The van der Waals surface area contributed by atoms with E-state index in [9.17, 15) is 4.79 Å². The average Bonchev–Trinajstić information content (AvgIpc) is 2.02. The van der Waals surface area contributed by atoms with Gasteiger partial charge in [-0.2, -0.15) is 4.98 Å². The average molecular weight is 170 g/mol. The van der Waals surface area contributed by atoms with Gasteiger partial charge < -0.3 is 5.73 Å². The minimum atomic E-state index is -0.387. The van der Waals surface area contributed by atoms with Crippen molar-refractivity contribution in [2.45, 2.75) is 0 Å². The van der Waals surface area contributed by atoms with Crippen LogP contribution in [0.3, 0.4) is 0 Å². The van der Waals surface area contributed by atoms with Crippen molar-refractivity contribution in [3.05, 3.63) is 16.8 Å². The first-order valence-corrected chi connectivity index (χ1v) is 3.13. The number of nitrogens with zero attached hydrogens (tertiary/aromatic N) is 3. The predicted octanol–water partition coefficient (Wildman–Crippen LogP) is -1.24. The maximum absolute atomic E-state index is 10.6. The van der Waals surface area contributed by atoms with Crippen LogP contribution in [0.1, 0.15) is 0 Å². The van der Waals surface area contributed by atoms with Gasteiger partial charge in [0, 0.05) is 7.05 Å². The van der Waals surface area contributed by atoms with Gasteiger partial charge in [-0.25, -0.2) is 22.3 Å². The molecule has 0 saturated heterocycles. The molecule has 0 bridgehead atoms. The van der Waals surface area contributed by atoms with Crippen molar-refractivity contribution in [1.29, 1.82) is 0 Å². The number of anilines is 1. The van der Waals surface area contributed by atoms with E-state index in [1.165, 1.54) is 10.9 Å². The fourth-order valence-corrected chi connectivity index (χ4v) is 0.401. The van der Waals surface area contributed by atoms with Crippen molar-refractivity contribution in [3.63, 3.8) is 0 Å². The number of nitrogen functional groups attached to an aromatic ring is 1. The lowest BCUT2D eigenvalue weighted by Gasteiger charge is -1.91. The lowest BCUT2D eigenvalue weighted by Crippen LogP contribution is -2.21. The highest BCUT2D eigenvalue weighted by Gasteiger charge is 1.89. The summed E-state index contributed by atoms with van der Waals surface area (Å²) in [4.78, 5) is 17.5. The van der Waals surface area contributed by atoms with Crippen molar-refractivity contribution >= 4 is 25.6 Å². The molecule has 0 unspecified atom stereocenters. The molecule has 11 heavy (non-hydrogen) atoms. The number of aromatic nitrogens is 3. The fourth-order valence-electron chi connectivity index (χ4n) is 0.401. The summed E-state index contributed by atoms with van der Waals surface area (Å²) in [6.07, 6.45) is 1.32. The molecule has 0 aliphatic heterocycles. The van der Waals surface area contributed by atoms with Gasteiger partial charge >= 0.3 is 5.69 Å². The standard InChI is InChI=1S/C4H6N4O.BHS/c1-8-2-6-3(5)7-4(8)9;1-2/h2H,1H3,(H2,5,7,9);2H. The number of hydrogen-bond acceptors (Lipinski definition) is 5. The molecule has 58 valence electrons. The summed E-state index contributed by atoms with van der Waals surface area (Å²) in [6.45, 7) is 0. The van der Waals surface area contributed by atoms with E-state index in [0.29, 0.717) is 0 Å². The number of rotatable bonds is 0. The third-order valence-corrected chi connectivity index (χ3v) is 0.875. The van der Waals surface area contributed by atoms with E-state index in [4.69, 9.17) is 5.73 Å². The van der Waals surface area contributed by atoms with Crippen molar-refractivity contribution in [1.82, 2.24) is 14.5 Å². The molecule has 2 N–H and O–H groups in total. The molecule has 0 amide bonds. The molecule has 1 rings (SSSR count). The Morgan fingerprint density at radius 3 is 2.64 bits per heavy atom. The molecule has 0 saturated carbocycles. The van der Waals surface area contributed by atoms with Gasteiger partial charge in [-0.05, 0) is 0 Å². The summed E-state index contributed by atoms with van der Waals surface area (Å²) < 4.78 is 1.25. The summed E-state index contributed by atoms with van der Waals surface area (Å²) in [5.74, 6) is 0.0121. The second kappa shape index (κ2) is 4.78. The zero-order chi connectivity index (χ0) is 8.85. The van der Waals surface area contributed by atoms with Crippen LogP contribution in [0.4, 0.5) is 5.95 Å². The van der Waals surface area contributed by atoms with E-state index in [1.807, 2.05) is 0 Å². The molecule has 0 atom stereocenters. The monoisotopic (exact) mass is 170 g/mol. The Morgan fingerprint density at radius 2 is 2.27 bits per heavy atom. The van der Waals surface area contributed by atoms with Gasteiger partial charge in [0.15, 0.2) is 7.12 Å². The zero-order valence-electron chi connectivity index (χ0n) is 5.93. The Bertz CT molecular complexity index is 275. The summed E-state index contributed by atoms with van der Waals surface area (Å²) >= 11 is 3.03. The van der Waals surface area contributed by atoms with E-state index in [0.717, 1.165) is 0 Å². The van der Waals surface area contributed by atoms with Crippen LogP contribution in [0.25, 0.3) is 0 Å². The van der Waals surface area contributed by atoms with Gasteiger partial charge in [0.25, 0.3) is 0 Å². The predicted molar refractivity (Wildman–Crippen MR) is 46.4 cm³/mol. The van der Waals surface area contributed by atoms with Crippen molar-refractivity contribution < 1.29 is 0 Å². The number of thiol groups is 1. The highest BCUT2D eigenvalue weighted by Crippen LogP contribution is 1.76. The highest BCUT2D eigenvalue weighted by molar-refractivity contribution is 8.03. The molecule has 0 spiro atoms. The molecule has 0 aliphatic rings. The minimum absolute atomic E-state index is 0.0121. The summed E-state index contributed by atoms with van der Waals surface area (Å²) in [7, 11) is 5.75. The van der Waals surface area contributed by atoms with E-state index < -0.39 is 0 Å². The van der Waals surface area contributed by atoms with Crippen LogP contribution in [-0.2, 0) is 7.05 Å². The second-order valence-corrected chi connectivity index (χ2v) is 1.61. The van der Waals surface area contributed by atoms with Crippen LogP contribution in [0, 0.1) is 0 Å². The molecular weight excluding hydrogens is 163 g/mol. The first-order chi connectivity index (χ1) is 5.20. The molecule has 1 heterocycles. The van der Waals surface area contributed by atoms with Gasteiger partial charge in [-0.15, -0.1) is 0 Å². The Kier molecular flexibility index (Phi) is 4.36. The molecule has 0 aromatic carbocycles. The van der Waals surface area contributed by atoms with E-state index in [2.05, 4.69) is 29.6 Å². The highest BCUT2D eigenvalue weighted by atomic mass is 32.1. The SMILES string of the molecule is Cn1cnc(N)nc1=O.[B]S. The van der Waals surface area contributed by atoms with Crippen LogP contribution in [0.5, 0.6) is 0 Å². The second-order valence-electron chi connectivity index (χ2n) is 1.61. The zero-order valence-corrected chi connectivity index (χ0v) is 6.82. The molecule has 1 aromatic heterocycles. The Balaban J connectivity index is 0.000000461. The molecule has 7 heteroatoms. The lowest BCUT2D eigenvalue weighted by atomic mass is 10.8. The summed E-state index contributed by atoms with van der Waals surface area (Å²) in [5.41, 5.74) is 4.71.